The molecule has 0 saturated carbocycles. The van der Waals surface area contributed by atoms with E-state index in [9.17, 15) is 25.2 Å². The van der Waals surface area contributed by atoms with Gasteiger partial charge in [0, 0.05) is 10.8 Å². The summed E-state index contributed by atoms with van der Waals surface area (Å²) < 4.78 is 10.3. The highest BCUT2D eigenvalue weighted by Crippen LogP contribution is 2.29. The highest BCUT2D eigenvalue weighted by atomic mass is 16.7. The quantitative estimate of drug-likeness (QED) is 0.283. The number of rotatable bonds is 2. The number of carbonyl (C=O) groups is 1. The summed E-state index contributed by atoms with van der Waals surface area (Å²) in [5.41, 5.74) is 1.40. The summed E-state index contributed by atoms with van der Waals surface area (Å²) in [6.07, 6.45) is -8.69. The van der Waals surface area contributed by atoms with Gasteiger partial charge in [-0.25, -0.2) is 9.78 Å². The molecule has 27 heavy (non-hydrogen) atoms. The lowest BCUT2D eigenvalue weighted by Gasteiger charge is -2.36. The minimum Gasteiger partial charge on any atom is -0.424 e. The molecule has 1 aliphatic rings. The number of fused-ring (bicyclic) bond motifs is 2. The molecule has 0 radical (unpaired) electrons. The first kappa shape index (κ1) is 17.8. The first-order chi connectivity index (χ1) is 13.0. The third kappa shape index (κ3) is 3.14. The van der Waals surface area contributed by atoms with Crippen LogP contribution in [0.15, 0.2) is 48.5 Å². The lowest BCUT2D eigenvalue weighted by atomic mass is 9.99. The van der Waals surface area contributed by atoms with Gasteiger partial charge in [0.1, 0.15) is 24.1 Å². The van der Waals surface area contributed by atoms with Gasteiger partial charge >= 0.3 is 5.97 Å². The lowest BCUT2D eigenvalue weighted by Crippen LogP contribution is -2.60. The average Bonchev–Trinajstić information content (AvgIpc) is 2.68. The number of aromatic nitrogens is 1. The number of ether oxygens (including phenoxy) is 2. The number of esters is 1. The molecule has 3 aromatic rings. The van der Waals surface area contributed by atoms with Gasteiger partial charge in [-0.2, -0.15) is 0 Å². The van der Waals surface area contributed by atoms with Gasteiger partial charge in [0.2, 0.25) is 0 Å². The lowest BCUT2D eigenvalue weighted by molar-refractivity contribution is -0.279. The zero-order valence-electron chi connectivity index (χ0n) is 14.0. The van der Waals surface area contributed by atoms with E-state index in [4.69, 9.17) is 9.47 Å². The Hall–Kier alpha value is -2.62. The number of aliphatic hydroxyl groups excluding tert-OH is 4. The van der Waals surface area contributed by atoms with Gasteiger partial charge < -0.3 is 29.9 Å². The van der Waals surface area contributed by atoms with E-state index in [1.54, 1.807) is 18.2 Å². The topological polar surface area (TPSA) is 129 Å². The molecule has 140 valence electrons. The van der Waals surface area contributed by atoms with E-state index < -0.39 is 36.7 Å². The second kappa shape index (κ2) is 6.84. The normalized spacial score (nSPS) is 28.4. The molecule has 1 saturated heterocycles. The van der Waals surface area contributed by atoms with Crippen molar-refractivity contribution in [1.82, 2.24) is 4.98 Å². The molecule has 8 heteroatoms. The van der Waals surface area contributed by atoms with Crippen molar-refractivity contribution >= 4 is 27.8 Å². The Morgan fingerprint density at radius 3 is 2.48 bits per heavy atom. The Kier molecular flexibility index (Phi) is 4.50. The predicted octanol–water partition coefficient (Wildman–Crippen LogP) is 0.0933. The fraction of sp³-hybridized carbons (Fsp3) is 0.263. The summed E-state index contributed by atoms with van der Waals surface area (Å²) in [6, 6.07) is 14.3. The maximum absolute atomic E-state index is 12.5. The molecule has 0 aliphatic carbocycles. The summed E-state index contributed by atoms with van der Waals surface area (Å²) in [4.78, 5) is 17.0. The minimum atomic E-state index is -1.82. The Balaban J connectivity index is 1.67. The molecule has 5 unspecified atom stereocenters. The van der Waals surface area contributed by atoms with Gasteiger partial charge in [-0.05, 0) is 24.3 Å². The fourth-order valence-corrected chi connectivity index (χ4v) is 3.08. The molecule has 0 spiro atoms. The van der Waals surface area contributed by atoms with Crippen molar-refractivity contribution < 1.29 is 34.7 Å². The van der Waals surface area contributed by atoms with Crippen LogP contribution in [0.1, 0.15) is 0 Å². The molecular formula is C19H17NO7. The van der Waals surface area contributed by atoms with Crippen molar-refractivity contribution in [1.29, 1.82) is 0 Å². The molecule has 4 N–H and O–H groups in total. The van der Waals surface area contributed by atoms with Crippen molar-refractivity contribution in [2.45, 2.75) is 30.7 Å². The second-order valence-corrected chi connectivity index (χ2v) is 6.34. The molecule has 4 rings (SSSR count). The first-order valence-electron chi connectivity index (χ1n) is 8.33. The number of hydrogen-bond donors (Lipinski definition) is 4. The Labute approximate surface area is 153 Å². The van der Waals surface area contributed by atoms with E-state index in [0.717, 1.165) is 10.9 Å². The summed E-state index contributed by atoms with van der Waals surface area (Å²) in [5, 5.41) is 40.2. The summed E-state index contributed by atoms with van der Waals surface area (Å²) in [6.45, 7) is 0. The van der Waals surface area contributed by atoms with E-state index in [1.807, 2.05) is 30.3 Å². The van der Waals surface area contributed by atoms with Crippen molar-refractivity contribution in [3.05, 3.63) is 48.5 Å². The molecule has 1 aromatic heterocycles. The Morgan fingerprint density at radius 1 is 0.926 bits per heavy atom. The summed E-state index contributed by atoms with van der Waals surface area (Å²) in [5.74, 6) is -0.810. The maximum Gasteiger partial charge on any atom is 0.343 e. The van der Waals surface area contributed by atoms with Crippen LogP contribution >= 0.6 is 0 Å². The molecule has 8 nitrogen and oxygen atoms in total. The van der Waals surface area contributed by atoms with Gasteiger partial charge in [-0.3, -0.25) is 0 Å². The van der Waals surface area contributed by atoms with Crippen LogP contribution in [0.2, 0.25) is 0 Å². The number of pyridine rings is 1. The van der Waals surface area contributed by atoms with E-state index in [1.165, 1.54) is 0 Å². The van der Waals surface area contributed by atoms with Crippen LogP contribution in [0.5, 0.6) is 5.75 Å². The van der Waals surface area contributed by atoms with Gasteiger partial charge in [-0.1, -0.05) is 24.3 Å². The third-order valence-corrected chi connectivity index (χ3v) is 4.55. The van der Waals surface area contributed by atoms with Crippen LogP contribution in [0.3, 0.4) is 0 Å². The molecular weight excluding hydrogens is 354 g/mol. The maximum atomic E-state index is 12.5. The average molecular weight is 371 g/mol. The molecule has 5 atom stereocenters. The monoisotopic (exact) mass is 371 g/mol. The van der Waals surface area contributed by atoms with Gasteiger partial charge in [0.25, 0.3) is 0 Å². The molecule has 1 fully saturated rings. The number of hydrogen-bond acceptors (Lipinski definition) is 8. The number of carbonyl (C=O) groups excluding carboxylic acids is 1. The van der Waals surface area contributed by atoms with Gasteiger partial charge in [-0.15, -0.1) is 0 Å². The van der Waals surface area contributed by atoms with Gasteiger partial charge in [0.15, 0.2) is 12.4 Å². The zero-order valence-corrected chi connectivity index (χ0v) is 14.0. The number of benzene rings is 2. The highest BCUT2D eigenvalue weighted by molar-refractivity contribution is 5.97. The summed E-state index contributed by atoms with van der Waals surface area (Å²) in [7, 11) is 0. The Morgan fingerprint density at radius 2 is 1.67 bits per heavy atom. The van der Waals surface area contributed by atoms with Crippen LogP contribution in [0, 0.1) is 0 Å². The van der Waals surface area contributed by atoms with Crippen molar-refractivity contribution in [2.75, 3.05) is 0 Å². The van der Waals surface area contributed by atoms with Crippen LogP contribution < -0.4 is 4.74 Å². The van der Waals surface area contributed by atoms with E-state index >= 15 is 0 Å². The molecule has 2 heterocycles. The fourth-order valence-electron chi connectivity index (χ4n) is 3.08. The molecule has 1 aliphatic heterocycles. The molecule has 2 aromatic carbocycles. The van der Waals surface area contributed by atoms with Crippen LogP contribution in [-0.4, -0.2) is 62.1 Å². The van der Waals surface area contributed by atoms with Crippen molar-refractivity contribution in [2.24, 2.45) is 0 Å². The Bertz CT molecular complexity index is 1010. The van der Waals surface area contributed by atoms with Crippen LogP contribution in [0.25, 0.3) is 21.8 Å². The zero-order chi connectivity index (χ0) is 19.1. The van der Waals surface area contributed by atoms with Crippen molar-refractivity contribution in [3.63, 3.8) is 0 Å². The van der Waals surface area contributed by atoms with Gasteiger partial charge in [0.05, 0.1) is 11.0 Å². The van der Waals surface area contributed by atoms with E-state index in [0.29, 0.717) is 10.9 Å². The molecule has 0 amide bonds. The SMILES string of the molecule is O=C(Oc1cccc2nc3ccccc3cc12)C1OC(O)C(O)C(O)C1O. The molecule has 0 bridgehead atoms. The minimum absolute atomic E-state index is 0.196. The number of para-hydroxylation sites is 1. The van der Waals surface area contributed by atoms with E-state index in [2.05, 4.69) is 4.98 Å². The van der Waals surface area contributed by atoms with Crippen molar-refractivity contribution in [3.8, 4) is 5.75 Å². The largest absolute Gasteiger partial charge is 0.424 e. The highest BCUT2D eigenvalue weighted by Gasteiger charge is 2.47. The first-order valence-corrected chi connectivity index (χ1v) is 8.33. The van der Waals surface area contributed by atoms with Crippen LogP contribution in [-0.2, 0) is 9.53 Å². The smallest absolute Gasteiger partial charge is 0.343 e. The van der Waals surface area contributed by atoms with E-state index in [-0.39, 0.29) is 5.75 Å². The number of nitrogens with zero attached hydrogens (tertiary/aromatic N) is 1. The second-order valence-electron chi connectivity index (χ2n) is 6.34. The third-order valence-electron chi connectivity index (χ3n) is 4.55. The van der Waals surface area contributed by atoms with Crippen LogP contribution in [0.4, 0.5) is 0 Å². The summed E-state index contributed by atoms with van der Waals surface area (Å²) >= 11 is 0. The predicted molar refractivity (Wildman–Crippen MR) is 93.8 cm³/mol. The number of aliphatic hydroxyl groups is 4. The standard InChI is InChI=1S/C19H17NO7/c21-14-15(22)17(27-18(24)16(14)23)19(25)26-13-7-3-6-12-10(13)8-9-4-1-2-5-11(9)20-12/h1-8,14-18,21-24H.